The van der Waals surface area contributed by atoms with Gasteiger partial charge in [-0.3, -0.25) is 14.4 Å². The van der Waals surface area contributed by atoms with Gasteiger partial charge < -0.3 is 24.8 Å². The summed E-state index contributed by atoms with van der Waals surface area (Å²) in [5.74, 6) is -1.99. The fourth-order valence-electron chi connectivity index (χ4n) is 2.95. The maximum absolute atomic E-state index is 12.9. The minimum absolute atomic E-state index is 0.0254. The van der Waals surface area contributed by atoms with Crippen molar-refractivity contribution in [3.63, 3.8) is 0 Å². The zero-order valence-electron chi connectivity index (χ0n) is 21.4. The zero-order chi connectivity index (χ0) is 29.0. The molecule has 0 bridgehead atoms. The van der Waals surface area contributed by atoms with Crippen molar-refractivity contribution in [2.75, 3.05) is 32.2 Å². The van der Waals surface area contributed by atoms with Gasteiger partial charge >= 0.3 is 18.0 Å². The highest BCUT2D eigenvalue weighted by molar-refractivity contribution is 14.1. The summed E-state index contributed by atoms with van der Waals surface area (Å²) < 4.78 is 55.3. The Bertz CT molecular complexity index is 1190. The first-order valence-corrected chi connectivity index (χ1v) is 12.7. The highest BCUT2D eigenvalue weighted by Gasteiger charge is 2.30. The lowest BCUT2D eigenvalue weighted by molar-refractivity contribution is -0.139. The molecule has 39 heavy (non-hydrogen) atoms. The van der Waals surface area contributed by atoms with E-state index in [1.807, 2.05) is 36.4 Å². The van der Waals surface area contributed by atoms with E-state index in [2.05, 4.69) is 21.2 Å². The van der Waals surface area contributed by atoms with Crippen molar-refractivity contribution in [1.29, 1.82) is 0 Å². The van der Waals surface area contributed by atoms with Crippen LogP contribution in [0.25, 0.3) is 0 Å². The van der Waals surface area contributed by atoms with E-state index in [4.69, 9.17) is 14.2 Å². The van der Waals surface area contributed by atoms with E-state index in [-0.39, 0.29) is 29.8 Å². The van der Waals surface area contributed by atoms with E-state index in [9.17, 15) is 27.6 Å². The number of nitrogens with zero attached hydrogens (tertiary/aromatic N) is 1. The average molecular weight is 664 g/mol. The Morgan fingerprint density at radius 2 is 1.87 bits per heavy atom. The Morgan fingerprint density at radius 3 is 2.54 bits per heavy atom. The molecule has 3 N–H and O–H groups in total. The van der Waals surface area contributed by atoms with E-state index < -0.39 is 36.1 Å². The highest BCUT2D eigenvalue weighted by Crippen LogP contribution is 2.34. The summed E-state index contributed by atoms with van der Waals surface area (Å²) in [6.07, 6.45) is -2.61. The molecule has 212 valence electrons. The van der Waals surface area contributed by atoms with Crippen molar-refractivity contribution in [3.05, 3.63) is 51.1 Å². The van der Waals surface area contributed by atoms with Crippen LogP contribution >= 0.6 is 22.6 Å². The number of carbonyl (C=O) groups is 3. The largest absolute Gasteiger partial charge is 0.493 e. The summed E-state index contributed by atoms with van der Waals surface area (Å²) in [5.41, 5.74) is 1.70. The molecular weight excluding hydrogens is 636 g/mol. The molecule has 10 nitrogen and oxygen atoms in total. The number of benzene rings is 2. The maximum atomic E-state index is 12.9. The number of halogens is 4. The van der Waals surface area contributed by atoms with E-state index >= 15 is 0 Å². The molecule has 0 spiro atoms. The van der Waals surface area contributed by atoms with Gasteiger partial charge in [0.05, 0.1) is 28.6 Å². The van der Waals surface area contributed by atoms with Crippen molar-refractivity contribution in [2.45, 2.75) is 32.5 Å². The minimum Gasteiger partial charge on any atom is -0.493 e. The number of methoxy groups -OCH3 is 1. The van der Waals surface area contributed by atoms with Crippen LogP contribution in [0.1, 0.15) is 31.4 Å². The van der Waals surface area contributed by atoms with Crippen LogP contribution in [0.2, 0.25) is 0 Å². The van der Waals surface area contributed by atoms with Crippen molar-refractivity contribution >= 4 is 52.2 Å². The van der Waals surface area contributed by atoms with Crippen LogP contribution in [-0.4, -0.2) is 56.9 Å². The SMILES string of the molecule is COc1cc(/C=N\NC(=O)C(=O)NCCCOC(C)C)cc(I)c1OCC(=O)Nc1cccc(C(F)(F)F)c1. The first kappa shape index (κ1) is 31.8. The quantitative estimate of drug-likeness (QED) is 0.104. The van der Waals surface area contributed by atoms with Gasteiger partial charge in [-0.2, -0.15) is 18.3 Å². The molecule has 0 heterocycles. The Labute approximate surface area is 236 Å². The number of hydrazone groups is 1. The smallest absolute Gasteiger partial charge is 0.416 e. The molecule has 0 saturated carbocycles. The lowest BCUT2D eigenvalue weighted by Crippen LogP contribution is -2.38. The topological polar surface area (TPSA) is 127 Å². The van der Waals surface area contributed by atoms with Crippen LogP contribution in [-0.2, 0) is 25.3 Å². The third-order valence-electron chi connectivity index (χ3n) is 4.72. The predicted octanol–water partition coefficient (Wildman–Crippen LogP) is 3.72. The van der Waals surface area contributed by atoms with Crippen LogP contribution in [0.3, 0.4) is 0 Å². The maximum Gasteiger partial charge on any atom is 0.416 e. The van der Waals surface area contributed by atoms with E-state index in [0.29, 0.717) is 22.2 Å². The van der Waals surface area contributed by atoms with Gasteiger partial charge in [-0.1, -0.05) is 6.07 Å². The number of hydrogen-bond donors (Lipinski definition) is 3. The molecule has 0 aliphatic rings. The monoisotopic (exact) mass is 664 g/mol. The molecule has 0 aliphatic carbocycles. The molecule has 0 aromatic heterocycles. The molecule has 2 aromatic carbocycles. The first-order chi connectivity index (χ1) is 18.4. The third-order valence-corrected chi connectivity index (χ3v) is 5.52. The summed E-state index contributed by atoms with van der Waals surface area (Å²) >= 11 is 1.93. The van der Waals surface area contributed by atoms with Crippen molar-refractivity contribution < 1.29 is 41.8 Å². The van der Waals surface area contributed by atoms with E-state index in [1.165, 1.54) is 31.5 Å². The summed E-state index contributed by atoms with van der Waals surface area (Å²) in [6.45, 7) is 4.03. The number of rotatable bonds is 12. The second-order valence-corrected chi connectivity index (χ2v) is 9.34. The predicted molar refractivity (Wildman–Crippen MR) is 146 cm³/mol. The standard InChI is InChI=1S/C25H28F3IN4O6/c1-15(2)38-9-5-8-30-23(35)24(36)33-31-13-16-10-19(29)22(20(11-16)37-3)39-14-21(34)32-18-7-4-6-17(12-18)25(26,27)28/h4,6-7,10-13,15H,5,8-9,14H2,1-3H3,(H,30,35)(H,32,34)(H,33,36)/b31-13-. The number of nitrogens with one attached hydrogen (secondary N) is 3. The molecule has 0 unspecified atom stereocenters. The van der Waals surface area contributed by atoms with Crippen LogP contribution in [0, 0.1) is 3.57 Å². The lowest BCUT2D eigenvalue weighted by atomic mass is 10.2. The average Bonchev–Trinajstić information content (AvgIpc) is 2.86. The number of carbonyl (C=O) groups excluding carboxylic acids is 3. The Hall–Kier alpha value is -3.40. The summed E-state index contributed by atoms with van der Waals surface area (Å²) in [6, 6.07) is 7.37. The molecule has 2 rings (SSSR count). The normalized spacial score (nSPS) is 11.4. The first-order valence-electron chi connectivity index (χ1n) is 11.6. The van der Waals surface area contributed by atoms with Gasteiger partial charge in [0.25, 0.3) is 5.91 Å². The highest BCUT2D eigenvalue weighted by atomic mass is 127. The van der Waals surface area contributed by atoms with E-state index in [1.54, 1.807) is 6.07 Å². The molecule has 0 atom stereocenters. The fourth-order valence-corrected chi connectivity index (χ4v) is 3.73. The summed E-state index contributed by atoms with van der Waals surface area (Å²) in [5, 5.41) is 8.59. The number of hydrogen-bond acceptors (Lipinski definition) is 7. The molecule has 2 aromatic rings. The lowest BCUT2D eigenvalue weighted by Gasteiger charge is -2.14. The van der Waals surface area contributed by atoms with Crippen LogP contribution in [0.4, 0.5) is 18.9 Å². The van der Waals surface area contributed by atoms with Gasteiger partial charge in [0.1, 0.15) is 0 Å². The van der Waals surface area contributed by atoms with Crippen molar-refractivity contribution in [1.82, 2.24) is 10.7 Å². The Morgan fingerprint density at radius 1 is 1.13 bits per heavy atom. The summed E-state index contributed by atoms with van der Waals surface area (Å²) in [4.78, 5) is 36.0. The van der Waals surface area contributed by atoms with Gasteiger partial charge in [-0.05, 0) is 78.8 Å². The van der Waals surface area contributed by atoms with Crippen LogP contribution < -0.4 is 25.5 Å². The number of amides is 3. The third kappa shape index (κ3) is 11.1. The van der Waals surface area contributed by atoms with Crippen molar-refractivity contribution in [3.8, 4) is 11.5 Å². The van der Waals surface area contributed by atoms with Gasteiger partial charge in [0.2, 0.25) is 0 Å². The Kier molecular flexibility index (Phi) is 12.4. The molecule has 3 amide bonds. The van der Waals surface area contributed by atoms with Gasteiger partial charge in [0, 0.05) is 18.8 Å². The van der Waals surface area contributed by atoms with Crippen molar-refractivity contribution in [2.24, 2.45) is 5.10 Å². The number of ether oxygens (including phenoxy) is 3. The van der Waals surface area contributed by atoms with Gasteiger partial charge in [0.15, 0.2) is 18.1 Å². The number of anilines is 1. The van der Waals surface area contributed by atoms with Gasteiger partial charge in [-0.15, -0.1) is 0 Å². The second-order valence-electron chi connectivity index (χ2n) is 8.18. The summed E-state index contributed by atoms with van der Waals surface area (Å²) in [7, 11) is 1.38. The van der Waals surface area contributed by atoms with Gasteiger partial charge in [-0.25, -0.2) is 5.43 Å². The minimum atomic E-state index is -4.54. The Balaban J connectivity index is 1.91. The fraction of sp³-hybridized carbons (Fsp3) is 0.360. The number of alkyl halides is 3. The van der Waals surface area contributed by atoms with Crippen LogP contribution in [0.15, 0.2) is 41.5 Å². The molecule has 14 heteroatoms. The second kappa shape index (κ2) is 15.3. The molecule has 0 fully saturated rings. The molecule has 0 aliphatic heterocycles. The van der Waals surface area contributed by atoms with Crippen LogP contribution in [0.5, 0.6) is 11.5 Å². The van der Waals surface area contributed by atoms with E-state index in [0.717, 1.165) is 12.1 Å². The molecule has 0 radical (unpaired) electrons. The zero-order valence-corrected chi connectivity index (χ0v) is 23.5. The molecular formula is C25H28F3IN4O6. The molecule has 0 saturated heterocycles.